The van der Waals surface area contributed by atoms with Gasteiger partial charge in [0.05, 0.1) is 17.6 Å². The van der Waals surface area contributed by atoms with E-state index in [2.05, 4.69) is 4.72 Å². The van der Waals surface area contributed by atoms with Crippen LogP contribution in [0.4, 0.5) is 14.5 Å². The molecule has 10 heteroatoms. The molecule has 0 aliphatic heterocycles. The summed E-state index contributed by atoms with van der Waals surface area (Å²) in [6.45, 7) is 2.42. The number of alkyl halides is 2. The maximum atomic E-state index is 14.8. The number of hydrogen-bond donors (Lipinski definition) is 1. The van der Waals surface area contributed by atoms with Crippen molar-refractivity contribution in [2.45, 2.75) is 38.7 Å². The van der Waals surface area contributed by atoms with E-state index in [-0.39, 0.29) is 23.6 Å². The molecule has 0 heterocycles. The summed E-state index contributed by atoms with van der Waals surface area (Å²) in [6, 6.07) is 3.66. The number of halogens is 2. The maximum absolute atomic E-state index is 14.8. The van der Waals surface area contributed by atoms with E-state index in [9.17, 15) is 18.9 Å². The molecule has 0 saturated carbocycles. The number of nitro benzene ring substituents is 1. The summed E-state index contributed by atoms with van der Waals surface area (Å²) in [5.41, 5.74) is -0.340. The zero-order valence-corrected chi connectivity index (χ0v) is 16.1. The molecule has 0 bridgehead atoms. The molecule has 0 aromatic heterocycles. The minimum absolute atomic E-state index is 0.0272. The molecule has 0 aliphatic carbocycles. The van der Waals surface area contributed by atoms with E-state index in [1.807, 2.05) is 6.92 Å². The van der Waals surface area contributed by atoms with Crippen molar-refractivity contribution in [2.75, 3.05) is 25.6 Å². The molecule has 1 rings (SSSR count). The van der Waals surface area contributed by atoms with Gasteiger partial charge in [-0.1, -0.05) is 25.3 Å². The molecule has 0 spiro atoms. The maximum Gasteiger partial charge on any atom is 0.290 e. The second-order valence-electron chi connectivity index (χ2n) is 5.58. The van der Waals surface area contributed by atoms with Gasteiger partial charge < -0.3 is 9.47 Å². The van der Waals surface area contributed by atoms with E-state index >= 15 is 0 Å². The minimum Gasteiger partial charge on any atom is -0.494 e. The SMILES string of the molecule is CCCCSNC(c1cc([N+](=O)[O-])ccc1OCC)C(F)(F)COCC#N. The van der Waals surface area contributed by atoms with E-state index in [1.165, 1.54) is 12.1 Å². The number of ether oxygens (including phenoxy) is 2. The topological polar surface area (TPSA) is 97.4 Å². The molecule has 1 aromatic carbocycles. The van der Waals surface area contributed by atoms with Crippen molar-refractivity contribution in [2.24, 2.45) is 0 Å². The lowest BCUT2D eigenvalue weighted by Crippen LogP contribution is -2.39. The van der Waals surface area contributed by atoms with Crippen LogP contribution in [-0.2, 0) is 4.74 Å². The number of nitriles is 1. The predicted molar refractivity (Wildman–Crippen MR) is 98.9 cm³/mol. The number of unbranched alkanes of at least 4 members (excludes halogenated alkanes) is 1. The number of nitrogens with one attached hydrogen (secondary N) is 1. The average molecular weight is 403 g/mol. The van der Waals surface area contributed by atoms with Gasteiger partial charge in [-0.2, -0.15) is 5.26 Å². The van der Waals surface area contributed by atoms with Crippen molar-refractivity contribution in [1.82, 2.24) is 4.72 Å². The molecule has 1 aromatic rings. The summed E-state index contributed by atoms with van der Waals surface area (Å²) < 4.78 is 42.5. The normalized spacial score (nSPS) is 12.4. The fourth-order valence-corrected chi connectivity index (χ4v) is 3.23. The molecule has 7 nitrogen and oxygen atoms in total. The second kappa shape index (κ2) is 11.7. The molecular formula is C17H23F2N3O4S. The summed E-state index contributed by atoms with van der Waals surface area (Å²) in [5, 5.41) is 19.6. The van der Waals surface area contributed by atoms with Crippen molar-refractivity contribution in [3.05, 3.63) is 33.9 Å². The van der Waals surface area contributed by atoms with Crippen LogP contribution in [0.25, 0.3) is 0 Å². The average Bonchev–Trinajstić information content (AvgIpc) is 2.62. The standard InChI is InChI=1S/C17H23F2N3O4S/c1-3-5-10-27-21-16(17(18,19)12-25-9-8-20)14-11-13(22(23)24)6-7-15(14)26-4-2/h6-7,11,16,21H,3-5,9-10,12H2,1-2H3. The molecule has 0 saturated heterocycles. The minimum atomic E-state index is -3.42. The highest BCUT2D eigenvalue weighted by atomic mass is 32.2. The lowest BCUT2D eigenvalue weighted by molar-refractivity contribution is -0.385. The van der Waals surface area contributed by atoms with Crippen LogP contribution in [0.2, 0.25) is 0 Å². The van der Waals surface area contributed by atoms with Gasteiger partial charge in [0, 0.05) is 23.4 Å². The molecule has 1 N–H and O–H groups in total. The van der Waals surface area contributed by atoms with Gasteiger partial charge in [-0.05, 0) is 19.4 Å². The van der Waals surface area contributed by atoms with Crippen LogP contribution < -0.4 is 9.46 Å². The fraction of sp³-hybridized carbons (Fsp3) is 0.588. The van der Waals surface area contributed by atoms with Gasteiger partial charge in [-0.15, -0.1) is 0 Å². The largest absolute Gasteiger partial charge is 0.494 e. The molecule has 27 heavy (non-hydrogen) atoms. The van der Waals surface area contributed by atoms with Crippen LogP contribution in [0, 0.1) is 21.4 Å². The van der Waals surface area contributed by atoms with Crippen molar-refractivity contribution in [1.29, 1.82) is 5.26 Å². The van der Waals surface area contributed by atoms with Crippen molar-refractivity contribution < 1.29 is 23.2 Å². The molecule has 150 valence electrons. The first-order valence-corrected chi connectivity index (χ1v) is 9.46. The molecule has 1 unspecified atom stereocenters. The quantitative estimate of drug-likeness (QED) is 0.228. The number of nitrogens with zero attached hydrogens (tertiary/aromatic N) is 2. The van der Waals surface area contributed by atoms with Gasteiger partial charge in [0.1, 0.15) is 25.0 Å². The van der Waals surface area contributed by atoms with E-state index in [0.29, 0.717) is 5.75 Å². The van der Waals surface area contributed by atoms with E-state index in [4.69, 9.17) is 14.7 Å². The molecule has 0 fully saturated rings. The van der Waals surface area contributed by atoms with Crippen molar-refractivity contribution >= 4 is 17.6 Å². The van der Waals surface area contributed by atoms with Crippen molar-refractivity contribution in [3.63, 3.8) is 0 Å². The molecular weight excluding hydrogens is 380 g/mol. The van der Waals surface area contributed by atoms with Gasteiger partial charge in [0.2, 0.25) is 0 Å². The lowest BCUT2D eigenvalue weighted by Gasteiger charge is -2.28. The third kappa shape index (κ3) is 7.28. The molecule has 0 amide bonds. The number of hydrogen-bond acceptors (Lipinski definition) is 7. The highest BCUT2D eigenvalue weighted by Crippen LogP contribution is 2.39. The number of non-ortho nitro benzene ring substituents is 1. The Labute approximate surface area is 161 Å². The second-order valence-corrected chi connectivity index (χ2v) is 6.51. The summed E-state index contributed by atoms with van der Waals surface area (Å²) in [5.74, 6) is -2.69. The Morgan fingerprint density at radius 1 is 1.44 bits per heavy atom. The Bertz CT molecular complexity index is 656. The Morgan fingerprint density at radius 3 is 2.78 bits per heavy atom. The Kier molecular flexibility index (Phi) is 9.99. The van der Waals surface area contributed by atoms with Gasteiger partial charge in [0.15, 0.2) is 0 Å². The Hall–Kier alpha value is -1.96. The number of nitro groups is 1. The van der Waals surface area contributed by atoms with Crippen molar-refractivity contribution in [3.8, 4) is 11.8 Å². The third-order valence-electron chi connectivity index (χ3n) is 3.50. The molecule has 0 aliphatic rings. The highest BCUT2D eigenvalue weighted by Gasteiger charge is 2.43. The summed E-state index contributed by atoms with van der Waals surface area (Å²) >= 11 is 1.11. The molecule has 0 radical (unpaired) electrons. The van der Waals surface area contributed by atoms with Crippen LogP contribution in [0.1, 0.15) is 38.3 Å². The Morgan fingerprint density at radius 2 is 2.19 bits per heavy atom. The smallest absolute Gasteiger partial charge is 0.290 e. The summed E-state index contributed by atoms with van der Waals surface area (Å²) in [7, 11) is 0. The monoisotopic (exact) mass is 403 g/mol. The van der Waals surface area contributed by atoms with Crippen LogP contribution in [0.5, 0.6) is 5.75 Å². The van der Waals surface area contributed by atoms with Crippen LogP contribution in [0.3, 0.4) is 0 Å². The first kappa shape index (κ1) is 23.1. The van der Waals surface area contributed by atoms with Crippen LogP contribution in [0.15, 0.2) is 18.2 Å². The van der Waals surface area contributed by atoms with Gasteiger partial charge in [-0.25, -0.2) is 8.78 Å². The summed E-state index contributed by atoms with van der Waals surface area (Å²) in [4.78, 5) is 10.4. The number of rotatable bonds is 13. The Balaban J connectivity index is 3.24. The summed E-state index contributed by atoms with van der Waals surface area (Å²) in [6.07, 6.45) is 1.73. The first-order valence-electron chi connectivity index (χ1n) is 8.48. The number of benzene rings is 1. The van der Waals surface area contributed by atoms with Gasteiger partial charge in [0.25, 0.3) is 11.6 Å². The first-order chi connectivity index (χ1) is 12.9. The van der Waals surface area contributed by atoms with Gasteiger partial charge in [-0.3, -0.25) is 14.8 Å². The lowest BCUT2D eigenvalue weighted by atomic mass is 10.00. The zero-order valence-electron chi connectivity index (χ0n) is 15.2. The van der Waals surface area contributed by atoms with E-state index in [1.54, 1.807) is 13.0 Å². The van der Waals surface area contributed by atoms with Crippen LogP contribution in [-0.4, -0.2) is 36.4 Å². The van der Waals surface area contributed by atoms with Gasteiger partial charge >= 0.3 is 0 Å². The third-order valence-corrected chi connectivity index (χ3v) is 4.39. The van der Waals surface area contributed by atoms with E-state index in [0.717, 1.165) is 30.9 Å². The predicted octanol–water partition coefficient (Wildman–Crippen LogP) is 4.25. The zero-order chi connectivity index (χ0) is 20.3. The fourth-order valence-electron chi connectivity index (χ4n) is 2.21. The van der Waals surface area contributed by atoms with Crippen LogP contribution >= 0.6 is 11.9 Å². The van der Waals surface area contributed by atoms with E-state index < -0.39 is 30.1 Å². The molecule has 1 atom stereocenters. The highest BCUT2D eigenvalue weighted by molar-refractivity contribution is 7.97.